The van der Waals surface area contributed by atoms with Gasteiger partial charge in [-0.05, 0) is 53.6 Å². The summed E-state index contributed by atoms with van der Waals surface area (Å²) in [4.78, 5) is 15.6. The van der Waals surface area contributed by atoms with E-state index >= 15 is 0 Å². The van der Waals surface area contributed by atoms with Gasteiger partial charge in [-0.25, -0.2) is 0 Å². The van der Waals surface area contributed by atoms with Crippen LogP contribution in [0.15, 0.2) is 36.5 Å². The van der Waals surface area contributed by atoms with E-state index in [2.05, 4.69) is 12.2 Å². The molecule has 6 nitrogen and oxygen atoms in total. The molecule has 0 spiro atoms. The van der Waals surface area contributed by atoms with Crippen LogP contribution in [0.3, 0.4) is 0 Å². The lowest BCUT2D eigenvalue weighted by molar-refractivity contribution is -0.105. The summed E-state index contributed by atoms with van der Waals surface area (Å²) in [5, 5.41) is 4.85. The zero-order valence-corrected chi connectivity index (χ0v) is 17.2. The van der Waals surface area contributed by atoms with Crippen LogP contribution in [0.1, 0.15) is 30.2 Å². The molecule has 6 heteroatoms. The Morgan fingerprint density at radius 2 is 1.66 bits per heavy atom. The summed E-state index contributed by atoms with van der Waals surface area (Å²) in [6, 6.07) is 9.77. The van der Waals surface area contributed by atoms with Crippen molar-refractivity contribution in [1.82, 2.24) is 4.98 Å². The third kappa shape index (κ3) is 4.26. The van der Waals surface area contributed by atoms with E-state index in [1.165, 1.54) is 0 Å². The maximum atomic E-state index is 10.9. The second-order valence-corrected chi connectivity index (χ2v) is 6.71. The van der Waals surface area contributed by atoms with Gasteiger partial charge in [0.15, 0.2) is 11.5 Å². The maximum absolute atomic E-state index is 10.9. The first-order valence-corrected chi connectivity index (χ1v) is 9.54. The molecule has 1 amide bonds. The Morgan fingerprint density at radius 1 is 0.966 bits per heavy atom. The van der Waals surface area contributed by atoms with E-state index in [0.29, 0.717) is 35.8 Å². The van der Waals surface area contributed by atoms with Gasteiger partial charge in [-0.3, -0.25) is 9.78 Å². The predicted molar refractivity (Wildman–Crippen MR) is 114 cm³/mol. The van der Waals surface area contributed by atoms with E-state index < -0.39 is 0 Å². The first-order chi connectivity index (χ1) is 14.1. The molecular weight excluding hydrogens is 368 g/mol. The summed E-state index contributed by atoms with van der Waals surface area (Å²) in [6.45, 7) is 2.14. The van der Waals surface area contributed by atoms with Crippen LogP contribution in [-0.2, 0) is 17.6 Å². The number of ether oxygens (including phenoxy) is 3. The van der Waals surface area contributed by atoms with Crippen LogP contribution < -0.4 is 19.5 Å². The highest BCUT2D eigenvalue weighted by atomic mass is 16.5. The number of amides is 1. The van der Waals surface area contributed by atoms with E-state index in [9.17, 15) is 4.79 Å². The van der Waals surface area contributed by atoms with Crippen LogP contribution in [0.5, 0.6) is 17.2 Å². The van der Waals surface area contributed by atoms with Gasteiger partial charge in [0.2, 0.25) is 6.41 Å². The standard InChI is InChI=1S/C23H26N2O4/c1-5-6-19-18-12-23(29-4)22(28-3)11-17(18)16(13-24-19)9-15-7-8-21(27-2)20(10-15)25-14-26/h7-8,10-14H,5-6,9H2,1-4H3,(H,25,26). The summed E-state index contributed by atoms with van der Waals surface area (Å²) in [6.07, 6.45) is 5.13. The fourth-order valence-corrected chi connectivity index (χ4v) is 3.52. The molecule has 0 saturated carbocycles. The number of methoxy groups -OCH3 is 3. The van der Waals surface area contributed by atoms with Crippen LogP contribution in [0, 0.1) is 0 Å². The maximum Gasteiger partial charge on any atom is 0.211 e. The number of aryl methyl sites for hydroxylation is 1. The lowest BCUT2D eigenvalue weighted by Gasteiger charge is -2.15. The zero-order valence-electron chi connectivity index (χ0n) is 17.2. The number of carbonyl (C=O) groups is 1. The Labute approximate surface area is 170 Å². The minimum Gasteiger partial charge on any atom is -0.495 e. The van der Waals surface area contributed by atoms with Crippen molar-refractivity contribution in [3.05, 3.63) is 53.3 Å². The van der Waals surface area contributed by atoms with E-state index in [1.54, 1.807) is 21.3 Å². The summed E-state index contributed by atoms with van der Waals surface area (Å²) in [5.41, 5.74) is 3.80. The Kier molecular flexibility index (Phi) is 6.54. The second-order valence-electron chi connectivity index (χ2n) is 6.71. The molecule has 0 radical (unpaired) electrons. The fourth-order valence-electron chi connectivity index (χ4n) is 3.52. The Morgan fingerprint density at radius 3 is 2.28 bits per heavy atom. The van der Waals surface area contributed by atoms with Gasteiger partial charge in [0.05, 0.1) is 27.0 Å². The minimum absolute atomic E-state index is 0.619. The number of fused-ring (bicyclic) bond motifs is 1. The number of hydrogen-bond donors (Lipinski definition) is 1. The van der Waals surface area contributed by atoms with Crippen molar-refractivity contribution in [3.63, 3.8) is 0 Å². The van der Waals surface area contributed by atoms with Gasteiger partial charge in [-0.2, -0.15) is 0 Å². The number of aromatic nitrogens is 1. The van der Waals surface area contributed by atoms with Gasteiger partial charge >= 0.3 is 0 Å². The highest BCUT2D eigenvalue weighted by Crippen LogP contribution is 2.36. The summed E-state index contributed by atoms with van der Waals surface area (Å²) in [5.74, 6) is 2.00. The predicted octanol–water partition coefficient (Wildman–Crippen LogP) is 4.37. The molecule has 1 aromatic heterocycles. The van der Waals surface area contributed by atoms with Gasteiger partial charge in [0.1, 0.15) is 5.75 Å². The molecule has 0 bridgehead atoms. The van der Waals surface area contributed by atoms with Gasteiger partial charge in [-0.15, -0.1) is 0 Å². The fraction of sp³-hybridized carbons (Fsp3) is 0.304. The van der Waals surface area contributed by atoms with Crippen molar-refractivity contribution < 1.29 is 19.0 Å². The lowest BCUT2D eigenvalue weighted by Crippen LogP contribution is -2.01. The number of carbonyl (C=O) groups excluding carboxylic acids is 1. The van der Waals surface area contributed by atoms with Crippen molar-refractivity contribution in [3.8, 4) is 17.2 Å². The number of pyridine rings is 1. The van der Waals surface area contributed by atoms with Crippen molar-refractivity contribution in [2.45, 2.75) is 26.2 Å². The van der Waals surface area contributed by atoms with Crippen LogP contribution in [0.4, 0.5) is 5.69 Å². The van der Waals surface area contributed by atoms with Gasteiger partial charge < -0.3 is 19.5 Å². The number of rotatable bonds is 9. The average molecular weight is 394 g/mol. The molecule has 0 aliphatic heterocycles. The second kappa shape index (κ2) is 9.28. The van der Waals surface area contributed by atoms with Crippen molar-refractivity contribution in [1.29, 1.82) is 0 Å². The molecule has 3 aromatic rings. The van der Waals surface area contributed by atoms with Crippen molar-refractivity contribution >= 4 is 22.9 Å². The number of anilines is 1. The Balaban J connectivity index is 2.11. The van der Waals surface area contributed by atoms with Crippen LogP contribution in [0.25, 0.3) is 10.8 Å². The minimum atomic E-state index is 0.619. The monoisotopic (exact) mass is 394 g/mol. The van der Waals surface area contributed by atoms with E-state index in [-0.39, 0.29) is 0 Å². The summed E-state index contributed by atoms with van der Waals surface area (Å²) < 4.78 is 16.3. The first-order valence-electron chi connectivity index (χ1n) is 9.54. The topological polar surface area (TPSA) is 69.7 Å². The molecule has 0 unspecified atom stereocenters. The molecule has 0 atom stereocenters. The number of nitrogens with one attached hydrogen (secondary N) is 1. The van der Waals surface area contributed by atoms with Gasteiger partial charge in [-0.1, -0.05) is 19.4 Å². The quantitative estimate of drug-likeness (QED) is 0.546. The van der Waals surface area contributed by atoms with Crippen molar-refractivity contribution in [2.24, 2.45) is 0 Å². The molecule has 152 valence electrons. The zero-order chi connectivity index (χ0) is 20.8. The molecule has 0 aliphatic carbocycles. The molecule has 29 heavy (non-hydrogen) atoms. The SMILES string of the molecule is CCCc1ncc(Cc2ccc(OC)c(NC=O)c2)c2cc(OC)c(OC)cc12. The molecule has 0 aliphatic rings. The average Bonchev–Trinajstić information content (AvgIpc) is 2.75. The number of benzene rings is 2. The molecule has 0 saturated heterocycles. The Hall–Kier alpha value is -3.28. The van der Waals surface area contributed by atoms with E-state index in [0.717, 1.165) is 40.4 Å². The number of hydrogen-bond acceptors (Lipinski definition) is 5. The first kappa shape index (κ1) is 20.5. The molecule has 2 aromatic carbocycles. The molecule has 1 N–H and O–H groups in total. The van der Waals surface area contributed by atoms with Crippen molar-refractivity contribution in [2.75, 3.05) is 26.6 Å². The normalized spacial score (nSPS) is 10.6. The summed E-state index contributed by atoms with van der Waals surface area (Å²) >= 11 is 0. The highest BCUT2D eigenvalue weighted by molar-refractivity contribution is 5.91. The molecule has 1 heterocycles. The third-order valence-electron chi connectivity index (χ3n) is 4.92. The van der Waals surface area contributed by atoms with Crippen LogP contribution in [0.2, 0.25) is 0 Å². The van der Waals surface area contributed by atoms with Gasteiger partial charge in [0.25, 0.3) is 0 Å². The van der Waals surface area contributed by atoms with E-state index in [1.807, 2.05) is 36.5 Å². The third-order valence-corrected chi connectivity index (χ3v) is 4.92. The number of nitrogens with zero attached hydrogens (tertiary/aromatic N) is 1. The largest absolute Gasteiger partial charge is 0.495 e. The Bertz CT molecular complexity index is 1020. The highest BCUT2D eigenvalue weighted by Gasteiger charge is 2.14. The lowest BCUT2D eigenvalue weighted by atomic mass is 9.97. The molecule has 0 fully saturated rings. The molecular formula is C23H26N2O4. The smallest absolute Gasteiger partial charge is 0.211 e. The van der Waals surface area contributed by atoms with Gasteiger partial charge in [0, 0.05) is 17.3 Å². The van der Waals surface area contributed by atoms with Crippen LogP contribution >= 0.6 is 0 Å². The molecule has 3 rings (SSSR count). The van der Waals surface area contributed by atoms with E-state index in [4.69, 9.17) is 19.2 Å². The summed E-state index contributed by atoms with van der Waals surface area (Å²) in [7, 11) is 4.85. The van der Waals surface area contributed by atoms with Crippen LogP contribution in [-0.4, -0.2) is 32.7 Å².